The fourth-order valence-corrected chi connectivity index (χ4v) is 2.08. The van der Waals surface area contributed by atoms with Crippen molar-refractivity contribution in [1.29, 1.82) is 0 Å². The number of nitrogens with zero attached hydrogens (tertiary/aromatic N) is 1. The van der Waals surface area contributed by atoms with Gasteiger partial charge >= 0.3 is 0 Å². The van der Waals surface area contributed by atoms with E-state index in [1.165, 1.54) is 4.90 Å². The Bertz CT molecular complexity index is 405. The predicted molar refractivity (Wildman–Crippen MR) is 70.8 cm³/mol. The van der Waals surface area contributed by atoms with Crippen LogP contribution in [0, 0.1) is 0 Å². The first-order valence-electron chi connectivity index (χ1n) is 5.48. The average Bonchev–Trinajstić information content (AvgIpc) is 2.37. The van der Waals surface area contributed by atoms with Gasteiger partial charge in [-0.1, -0.05) is 0 Å². The van der Waals surface area contributed by atoms with Crippen molar-refractivity contribution in [2.24, 2.45) is 0 Å². The number of hydrogen-bond acceptors (Lipinski definition) is 4. The number of aliphatic hydroxyl groups is 2. The lowest BCUT2D eigenvalue weighted by Crippen LogP contribution is -2.35. The monoisotopic (exact) mass is 317 g/mol. The Kier molecular flexibility index (Phi) is 6.11. The van der Waals surface area contributed by atoms with Gasteiger partial charge in [0.1, 0.15) is 5.75 Å². The van der Waals surface area contributed by atoms with Crippen LogP contribution in [0.15, 0.2) is 22.7 Å². The van der Waals surface area contributed by atoms with Crippen molar-refractivity contribution in [3.05, 3.63) is 28.2 Å². The maximum Gasteiger partial charge on any atom is 0.254 e. The number of aliphatic hydroxyl groups excluding tert-OH is 2. The number of carbonyl (C=O) groups is 1. The van der Waals surface area contributed by atoms with Gasteiger partial charge in [0.2, 0.25) is 0 Å². The molecule has 0 saturated carbocycles. The van der Waals surface area contributed by atoms with Crippen LogP contribution in [0.1, 0.15) is 10.4 Å². The standard InChI is InChI=1S/C12H16BrNO4/c1-18-11-3-2-9(8-10(11)13)12(17)14(4-6-15)5-7-16/h2-3,8,15-16H,4-7H2,1H3. The summed E-state index contributed by atoms with van der Waals surface area (Å²) >= 11 is 3.31. The molecule has 0 aliphatic carbocycles. The maximum atomic E-state index is 12.1. The summed E-state index contributed by atoms with van der Waals surface area (Å²) in [5, 5.41) is 17.8. The van der Waals surface area contributed by atoms with Gasteiger partial charge in [0.15, 0.2) is 0 Å². The van der Waals surface area contributed by atoms with Gasteiger partial charge in [0.05, 0.1) is 24.8 Å². The van der Waals surface area contributed by atoms with Crippen LogP contribution in [-0.4, -0.2) is 54.4 Å². The molecule has 0 saturated heterocycles. The minimum Gasteiger partial charge on any atom is -0.496 e. The Balaban J connectivity index is 2.90. The molecule has 100 valence electrons. The Morgan fingerprint density at radius 3 is 2.39 bits per heavy atom. The average molecular weight is 318 g/mol. The highest BCUT2D eigenvalue weighted by Gasteiger charge is 2.16. The first kappa shape index (κ1) is 14.9. The van der Waals surface area contributed by atoms with E-state index in [1.54, 1.807) is 25.3 Å². The van der Waals surface area contributed by atoms with E-state index in [4.69, 9.17) is 14.9 Å². The molecule has 1 rings (SSSR count). The van der Waals surface area contributed by atoms with Gasteiger partial charge in [-0.2, -0.15) is 0 Å². The summed E-state index contributed by atoms with van der Waals surface area (Å²) < 4.78 is 5.77. The summed E-state index contributed by atoms with van der Waals surface area (Å²) in [4.78, 5) is 13.5. The number of benzene rings is 1. The molecule has 0 aliphatic heterocycles. The van der Waals surface area contributed by atoms with Gasteiger partial charge in [-0.3, -0.25) is 4.79 Å². The van der Waals surface area contributed by atoms with Gasteiger partial charge in [-0.15, -0.1) is 0 Å². The first-order valence-corrected chi connectivity index (χ1v) is 6.28. The van der Waals surface area contributed by atoms with Crippen LogP contribution in [0.3, 0.4) is 0 Å². The smallest absolute Gasteiger partial charge is 0.254 e. The molecular weight excluding hydrogens is 302 g/mol. The Hall–Kier alpha value is -1.11. The lowest BCUT2D eigenvalue weighted by molar-refractivity contribution is 0.0684. The number of halogens is 1. The highest BCUT2D eigenvalue weighted by atomic mass is 79.9. The summed E-state index contributed by atoms with van der Waals surface area (Å²) in [5.41, 5.74) is 0.476. The molecule has 1 aromatic rings. The van der Waals surface area contributed by atoms with Crippen LogP contribution in [0.4, 0.5) is 0 Å². The van der Waals surface area contributed by atoms with Crippen molar-refractivity contribution in [2.45, 2.75) is 0 Å². The van der Waals surface area contributed by atoms with Gasteiger partial charge in [0, 0.05) is 18.7 Å². The number of carbonyl (C=O) groups excluding carboxylic acids is 1. The molecular formula is C12H16BrNO4. The van der Waals surface area contributed by atoms with Crippen LogP contribution in [-0.2, 0) is 0 Å². The third-order valence-electron chi connectivity index (χ3n) is 2.43. The maximum absolute atomic E-state index is 12.1. The second-order valence-corrected chi connectivity index (χ2v) is 4.44. The molecule has 0 fully saturated rings. The van der Waals surface area contributed by atoms with Crippen molar-refractivity contribution in [3.8, 4) is 5.75 Å². The predicted octanol–water partition coefficient (Wildman–Crippen LogP) is 0.884. The number of amides is 1. The molecule has 5 nitrogen and oxygen atoms in total. The molecule has 18 heavy (non-hydrogen) atoms. The molecule has 0 radical (unpaired) electrons. The summed E-state index contributed by atoms with van der Waals surface area (Å²) in [6, 6.07) is 4.99. The number of rotatable bonds is 6. The van der Waals surface area contributed by atoms with Crippen LogP contribution >= 0.6 is 15.9 Å². The van der Waals surface area contributed by atoms with Crippen LogP contribution in [0.25, 0.3) is 0 Å². The van der Waals surface area contributed by atoms with Crippen molar-refractivity contribution in [2.75, 3.05) is 33.4 Å². The third kappa shape index (κ3) is 3.69. The zero-order chi connectivity index (χ0) is 13.5. The van der Waals surface area contributed by atoms with E-state index in [0.29, 0.717) is 15.8 Å². The van der Waals surface area contributed by atoms with Gasteiger partial charge in [-0.25, -0.2) is 0 Å². The SMILES string of the molecule is COc1ccc(C(=O)N(CCO)CCO)cc1Br. The molecule has 0 unspecified atom stereocenters. The zero-order valence-corrected chi connectivity index (χ0v) is 11.7. The molecule has 0 spiro atoms. The minimum absolute atomic E-state index is 0.136. The lowest BCUT2D eigenvalue weighted by atomic mass is 10.2. The molecule has 0 bridgehead atoms. The lowest BCUT2D eigenvalue weighted by Gasteiger charge is -2.21. The van der Waals surface area contributed by atoms with E-state index in [0.717, 1.165) is 0 Å². The Morgan fingerprint density at radius 2 is 1.94 bits per heavy atom. The van der Waals surface area contributed by atoms with E-state index in [9.17, 15) is 4.79 Å². The number of hydrogen-bond donors (Lipinski definition) is 2. The normalized spacial score (nSPS) is 10.2. The molecule has 0 aliphatic rings. The molecule has 6 heteroatoms. The zero-order valence-electron chi connectivity index (χ0n) is 10.1. The molecule has 1 amide bonds. The minimum atomic E-state index is -0.235. The van der Waals surface area contributed by atoms with Crippen molar-refractivity contribution in [1.82, 2.24) is 4.90 Å². The molecule has 0 heterocycles. The molecule has 2 N–H and O–H groups in total. The van der Waals surface area contributed by atoms with E-state index in [1.807, 2.05) is 0 Å². The first-order chi connectivity index (χ1) is 8.63. The Labute approximate surface area is 114 Å². The van der Waals surface area contributed by atoms with Gasteiger partial charge < -0.3 is 19.8 Å². The van der Waals surface area contributed by atoms with Crippen molar-refractivity contribution >= 4 is 21.8 Å². The third-order valence-corrected chi connectivity index (χ3v) is 3.05. The molecule has 0 atom stereocenters. The topological polar surface area (TPSA) is 70.0 Å². The van der Waals surface area contributed by atoms with Crippen LogP contribution in [0.2, 0.25) is 0 Å². The Morgan fingerprint density at radius 1 is 1.33 bits per heavy atom. The molecule has 1 aromatic carbocycles. The summed E-state index contributed by atoms with van der Waals surface area (Å²) in [6.07, 6.45) is 0. The van der Waals surface area contributed by atoms with Gasteiger partial charge in [-0.05, 0) is 34.1 Å². The largest absolute Gasteiger partial charge is 0.496 e. The second kappa shape index (κ2) is 7.35. The summed E-state index contributed by atoms with van der Waals surface area (Å²) in [6.45, 7) is 0.123. The second-order valence-electron chi connectivity index (χ2n) is 3.59. The number of methoxy groups -OCH3 is 1. The van der Waals surface area contributed by atoms with Crippen LogP contribution < -0.4 is 4.74 Å². The van der Waals surface area contributed by atoms with E-state index in [-0.39, 0.29) is 32.2 Å². The van der Waals surface area contributed by atoms with E-state index < -0.39 is 0 Å². The highest BCUT2D eigenvalue weighted by Crippen LogP contribution is 2.26. The quantitative estimate of drug-likeness (QED) is 0.817. The van der Waals surface area contributed by atoms with E-state index in [2.05, 4.69) is 15.9 Å². The van der Waals surface area contributed by atoms with E-state index >= 15 is 0 Å². The van der Waals surface area contributed by atoms with Crippen LogP contribution in [0.5, 0.6) is 5.75 Å². The summed E-state index contributed by atoms with van der Waals surface area (Å²) in [5.74, 6) is 0.406. The summed E-state index contributed by atoms with van der Waals surface area (Å²) in [7, 11) is 1.55. The van der Waals surface area contributed by atoms with Crippen molar-refractivity contribution < 1.29 is 19.7 Å². The fraction of sp³-hybridized carbons (Fsp3) is 0.417. The fourth-order valence-electron chi connectivity index (χ4n) is 1.54. The van der Waals surface area contributed by atoms with Gasteiger partial charge in [0.25, 0.3) is 5.91 Å². The van der Waals surface area contributed by atoms with Crippen molar-refractivity contribution in [3.63, 3.8) is 0 Å². The highest BCUT2D eigenvalue weighted by molar-refractivity contribution is 9.10. The number of ether oxygens (including phenoxy) is 1. The molecule has 0 aromatic heterocycles.